The van der Waals surface area contributed by atoms with Crippen LogP contribution in [0.2, 0.25) is 0 Å². The van der Waals surface area contributed by atoms with Gasteiger partial charge in [-0.3, -0.25) is 9.59 Å². The normalized spacial score (nSPS) is 17.8. The molecule has 1 N–H and O–H groups in total. The molecule has 2 atom stereocenters. The first-order valence-electron chi connectivity index (χ1n) is 8.86. The van der Waals surface area contributed by atoms with Gasteiger partial charge in [0.15, 0.2) is 0 Å². The molecule has 2 rings (SSSR count). The molecule has 1 aliphatic heterocycles. The number of amides is 2. The monoisotopic (exact) mass is 348 g/mol. The van der Waals surface area contributed by atoms with Crippen LogP contribution in [0.25, 0.3) is 0 Å². The van der Waals surface area contributed by atoms with Crippen molar-refractivity contribution in [2.24, 2.45) is 0 Å². The molecule has 25 heavy (non-hydrogen) atoms. The van der Waals surface area contributed by atoms with Crippen LogP contribution in [0.3, 0.4) is 0 Å². The average Bonchev–Trinajstić information content (AvgIpc) is 3.17. The first kappa shape index (κ1) is 19.2. The first-order valence-corrected chi connectivity index (χ1v) is 8.86. The first-order chi connectivity index (χ1) is 12.0. The summed E-state index contributed by atoms with van der Waals surface area (Å²) in [7, 11) is 1.61. The molecule has 6 heteroatoms. The highest BCUT2D eigenvalue weighted by Gasteiger charge is 2.26. The van der Waals surface area contributed by atoms with E-state index in [1.54, 1.807) is 25.9 Å². The number of carbonyl (C=O) groups is 2. The fourth-order valence-electron chi connectivity index (χ4n) is 2.88. The van der Waals surface area contributed by atoms with Crippen LogP contribution >= 0.6 is 0 Å². The molecule has 0 radical (unpaired) electrons. The van der Waals surface area contributed by atoms with Gasteiger partial charge in [-0.15, -0.1) is 0 Å². The second kappa shape index (κ2) is 9.42. The Morgan fingerprint density at radius 3 is 2.64 bits per heavy atom. The minimum Gasteiger partial charge on any atom is -0.497 e. The number of benzene rings is 1. The average molecular weight is 348 g/mol. The summed E-state index contributed by atoms with van der Waals surface area (Å²) in [5.41, 5.74) is 0.960. The summed E-state index contributed by atoms with van der Waals surface area (Å²) in [6, 6.07) is 6.99. The van der Waals surface area contributed by atoms with Gasteiger partial charge in [0.2, 0.25) is 11.8 Å². The molecule has 1 fully saturated rings. The highest BCUT2D eigenvalue weighted by atomic mass is 16.5. The fourth-order valence-corrected chi connectivity index (χ4v) is 2.88. The van der Waals surface area contributed by atoms with Crippen LogP contribution in [0.15, 0.2) is 24.3 Å². The van der Waals surface area contributed by atoms with Crippen molar-refractivity contribution >= 4 is 11.8 Å². The second-order valence-corrected chi connectivity index (χ2v) is 6.28. The molecule has 6 nitrogen and oxygen atoms in total. The quantitative estimate of drug-likeness (QED) is 0.781. The maximum atomic E-state index is 12.5. The number of rotatable bonds is 8. The van der Waals surface area contributed by atoms with E-state index in [-0.39, 0.29) is 17.9 Å². The lowest BCUT2D eigenvalue weighted by atomic mass is 10.1. The van der Waals surface area contributed by atoms with Crippen molar-refractivity contribution in [1.29, 1.82) is 0 Å². The predicted octanol–water partition coefficient (Wildman–Crippen LogP) is 2.12. The molecule has 0 unspecified atom stereocenters. The van der Waals surface area contributed by atoms with Crippen molar-refractivity contribution in [2.75, 3.05) is 20.3 Å². The molecule has 0 aromatic heterocycles. The van der Waals surface area contributed by atoms with Crippen LogP contribution < -0.4 is 10.1 Å². The van der Waals surface area contributed by atoms with Gasteiger partial charge in [0.05, 0.1) is 13.2 Å². The van der Waals surface area contributed by atoms with Crippen LogP contribution in [0.5, 0.6) is 5.75 Å². The predicted molar refractivity (Wildman–Crippen MR) is 95.3 cm³/mol. The van der Waals surface area contributed by atoms with Gasteiger partial charge in [-0.2, -0.15) is 0 Å². The highest BCUT2D eigenvalue weighted by Crippen LogP contribution is 2.16. The van der Waals surface area contributed by atoms with Gasteiger partial charge in [-0.25, -0.2) is 0 Å². The molecular weight excluding hydrogens is 320 g/mol. The zero-order valence-electron chi connectivity index (χ0n) is 15.3. The van der Waals surface area contributed by atoms with Gasteiger partial charge < -0.3 is 19.7 Å². The topological polar surface area (TPSA) is 67.9 Å². The molecule has 0 aliphatic carbocycles. The van der Waals surface area contributed by atoms with E-state index in [0.717, 1.165) is 30.8 Å². The molecule has 1 saturated heterocycles. The summed E-state index contributed by atoms with van der Waals surface area (Å²) < 4.78 is 10.7. The van der Waals surface area contributed by atoms with E-state index < -0.39 is 6.04 Å². The molecule has 0 spiro atoms. The summed E-state index contributed by atoms with van der Waals surface area (Å²) in [6.07, 6.45) is 2.46. The minimum absolute atomic E-state index is 0.0458. The number of carbonyl (C=O) groups excluding carboxylic acids is 2. The van der Waals surface area contributed by atoms with E-state index in [1.807, 2.05) is 24.3 Å². The summed E-state index contributed by atoms with van der Waals surface area (Å²) in [4.78, 5) is 26.4. The number of hydrogen-bond donors (Lipinski definition) is 1. The van der Waals surface area contributed by atoms with Gasteiger partial charge >= 0.3 is 0 Å². The third-order valence-electron chi connectivity index (χ3n) is 4.51. The maximum absolute atomic E-state index is 12.5. The zero-order chi connectivity index (χ0) is 18.2. The van der Waals surface area contributed by atoms with Crippen LogP contribution in [0, 0.1) is 0 Å². The number of methoxy groups -OCH3 is 1. The van der Waals surface area contributed by atoms with Gasteiger partial charge in [-0.1, -0.05) is 19.1 Å². The Labute approximate surface area is 149 Å². The lowest BCUT2D eigenvalue weighted by molar-refractivity contribution is -0.140. The summed E-state index contributed by atoms with van der Waals surface area (Å²) in [5, 5.41) is 2.91. The van der Waals surface area contributed by atoms with Crippen molar-refractivity contribution in [3.8, 4) is 5.75 Å². The van der Waals surface area contributed by atoms with Gasteiger partial charge in [-0.05, 0) is 37.5 Å². The smallest absolute Gasteiger partial charge is 0.242 e. The highest BCUT2D eigenvalue weighted by molar-refractivity contribution is 5.87. The number of ether oxygens (including phenoxy) is 2. The van der Waals surface area contributed by atoms with E-state index in [4.69, 9.17) is 9.47 Å². The number of hydrogen-bond acceptors (Lipinski definition) is 4. The number of nitrogens with one attached hydrogen (secondary N) is 1. The summed E-state index contributed by atoms with van der Waals surface area (Å²) in [6.45, 7) is 5.22. The molecule has 138 valence electrons. The third kappa shape index (κ3) is 5.46. The third-order valence-corrected chi connectivity index (χ3v) is 4.51. The maximum Gasteiger partial charge on any atom is 0.242 e. The Kier molecular flexibility index (Phi) is 7.25. The van der Waals surface area contributed by atoms with Crippen molar-refractivity contribution in [1.82, 2.24) is 10.2 Å². The second-order valence-electron chi connectivity index (χ2n) is 6.28. The minimum atomic E-state index is -0.532. The molecule has 1 aromatic carbocycles. The van der Waals surface area contributed by atoms with E-state index in [0.29, 0.717) is 19.5 Å². The molecule has 1 aliphatic rings. The number of nitrogens with zero attached hydrogens (tertiary/aromatic N) is 1. The molecule has 1 heterocycles. The molecule has 0 saturated carbocycles. The van der Waals surface area contributed by atoms with Crippen molar-refractivity contribution in [3.63, 3.8) is 0 Å². The Morgan fingerprint density at radius 1 is 1.36 bits per heavy atom. The zero-order valence-corrected chi connectivity index (χ0v) is 15.3. The van der Waals surface area contributed by atoms with E-state index in [9.17, 15) is 9.59 Å². The lowest BCUT2D eigenvalue weighted by Gasteiger charge is -2.28. The fraction of sp³-hybridized carbons (Fsp3) is 0.579. The van der Waals surface area contributed by atoms with Crippen LogP contribution in [-0.4, -0.2) is 49.1 Å². The van der Waals surface area contributed by atoms with Crippen molar-refractivity contribution in [3.05, 3.63) is 29.8 Å². The SMILES string of the molecule is CCC(=O)N(Cc1ccc(OC)cc1)[C@@H](C)C(=O)NC[C@H]1CCCO1. The lowest BCUT2D eigenvalue weighted by Crippen LogP contribution is -2.48. The Morgan fingerprint density at radius 2 is 2.08 bits per heavy atom. The summed E-state index contributed by atoms with van der Waals surface area (Å²) in [5.74, 6) is 0.570. The molecule has 2 amide bonds. The Bertz CT molecular complexity index is 567. The van der Waals surface area contributed by atoms with Crippen LogP contribution in [-0.2, 0) is 20.9 Å². The largest absolute Gasteiger partial charge is 0.497 e. The van der Waals surface area contributed by atoms with Crippen molar-refractivity contribution < 1.29 is 19.1 Å². The Balaban J connectivity index is 1.98. The van der Waals surface area contributed by atoms with E-state index in [1.165, 1.54) is 0 Å². The molecular formula is C19H28N2O4. The van der Waals surface area contributed by atoms with Gasteiger partial charge in [0.1, 0.15) is 11.8 Å². The van der Waals surface area contributed by atoms with E-state index >= 15 is 0 Å². The van der Waals surface area contributed by atoms with Gasteiger partial charge in [0, 0.05) is 26.1 Å². The summed E-state index contributed by atoms with van der Waals surface area (Å²) >= 11 is 0. The van der Waals surface area contributed by atoms with Crippen LogP contribution in [0.1, 0.15) is 38.7 Å². The van der Waals surface area contributed by atoms with Crippen LogP contribution in [0.4, 0.5) is 0 Å². The van der Waals surface area contributed by atoms with Gasteiger partial charge in [0.25, 0.3) is 0 Å². The van der Waals surface area contributed by atoms with Crippen molar-refractivity contribution in [2.45, 2.75) is 51.8 Å². The molecule has 0 bridgehead atoms. The Hall–Kier alpha value is -2.08. The van der Waals surface area contributed by atoms with E-state index in [2.05, 4.69) is 5.32 Å². The standard InChI is InChI=1S/C19H28N2O4/c1-4-18(22)21(13-15-7-9-16(24-3)10-8-15)14(2)19(23)20-12-17-6-5-11-25-17/h7-10,14,17H,4-6,11-13H2,1-3H3,(H,20,23)/t14-,17+/m0/s1. The molecule has 1 aromatic rings.